The number of benzene rings is 1. The van der Waals surface area contributed by atoms with Crippen LogP contribution < -0.4 is 5.56 Å². The molecule has 31 heavy (non-hydrogen) atoms. The molecule has 0 N–H and O–H groups in total. The van der Waals surface area contributed by atoms with Crippen molar-refractivity contribution in [2.24, 2.45) is 0 Å². The summed E-state index contributed by atoms with van der Waals surface area (Å²) in [5.74, 6) is 0.661. The largest absolute Gasteiger partial charge is 0.375 e. The van der Waals surface area contributed by atoms with Gasteiger partial charge in [0.15, 0.2) is 0 Å². The van der Waals surface area contributed by atoms with Crippen LogP contribution in [-0.4, -0.2) is 31.4 Å². The molecule has 6 nitrogen and oxygen atoms in total. The van der Waals surface area contributed by atoms with Crippen LogP contribution in [0.2, 0.25) is 0 Å². The number of hydrogen-bond acceptors (Lipinski definition) is 4. The molecule has 0 amide bonds. The lowest BCUT2D eigenvalue weighted by atomic mass is 9.62. The third-order valence-electron chi connectivity index (χ3n) is 7.83. The normalized spacial score (nSPS) is 24.1. The quantitative estimate of drug-likeness (QED) is 0.586. The molecule has 6 rings (SSSR count). The zero-order chi connectivity index (χ0) is 21.2. The van der Waals surface area contributed by atoms with Gasteiger partial charge in [0.25, 0.3) is 5.56 Å². The van der Waals surface area contributed by atoms with E-state index in [2.05, 4.69) is 52.7 Å². The molecule has 2 aromatic heterocycles. The maximum absolute atomic E-state index is 14.4. The first kappa shape index (κ1) is 19.2. The van der Waals surface area contributed by atoms with Crippen molar-refractivity contribution in [3.05, 3.63) is 52.1 Å². The molecule has 3 heterocycles. The van der Waals surface area contributed by atoms with Gasteiger partial charge in [0.2, 0.25) is 5.78 Å². The number of nitrogens with zero attached hydrogens (tertiary/aromatic N) is 4. The zero-order valence-corrected chi connectivity index (χ0v) is 18.4. The van der Waals surface area contributed by atoms with Crippen LogP contribution in [0.1, 0.15) is 76.0 Å². The summed E-state index contributed by atoms with van der Waals surface area (Å²) < 4.78 is 10.0. The van der Waals surface area contributed by atoms with Gasteiger partial charge >= 0.3 is 0 Å². The van der Waals surface area contributed by atoms with Gasteiger partial charge in [0.05, 0.1) is 11.3 Å². The minimum Gasteiger partial charge on any atom is -0.375 e. The van der Waals surface area contributed by atoms with E-state index < -0.39 is 0 Å². The van der Waals surface area contributed by atoms with Crippen molar-refractivity contribution in [1.29, 1.82) is 0 Å². The molecule has 1 spiro atoms. The average Bonchev–Trinajstić information content (AvgIpc) is 3.22. The zero-order valence-electron chi connectivity index (χ0n) is 18.4. The molecular weight excluding hydrogens is 388 g/mol. The molecule has 3 aliphatic rings. The van der Waals surface area contributed by atoms with Gasteiger partial charge in [-0.1, -0.05) is 43.5 Å². The van der Waals surface area contributed by atoms with Crippen molar-refractivity contribution >= 4 is 5.78 Å². The van der Waals surface area contributed by atoms with E-state index in [4.69, 9.17) is 4.74 Å². The molecule has 0 unspecified atom stereocenters. The fourth-order valence-electron chi connectivity index (χ4n) is 6.49. The SMILES string of the molecule is CC1(C)C[C@@H](n2c(=O)c3c(n4cnnc24)-c2ccccc2CC32CCCCC2)CCO1. The standard InChI is InChI=1S/C25H30N4O2/c1-24(2)15-18(10-13-31-24)29-22(30)20-21(28-16-26-27-23(28)29)19-9-5-4-8-17(19)14-25(20)11-6-3-7-12-25/h4-5,8-9,16,18H,3,6-7,10-15H2,1-2H3/t18-/m0/s1. The monoisotopic (exact) mass is 418 g/mol. The van der Waals surface area contributed by atoms with Gasteiger partial charge < -0.3 is 4.74 Å². The lowest BCUT2D eigenvalue weighted by molar-refractivity contribution is -0.0692. The number of rotatable bonds is 1. The molecule has 1 atom stereocenters. The molecule has 1 aliphatic heterocycles. The van der Waals surface area contributed by atoms with Crippen LogP contribution in [0.4, 0.5) is 0 Å². The third-order valence-corrected chi connectivity index (χ3v) is 7.83. The summed E-state index contributed by atoms with van der Waals surface area (Å²) in [6.07, 6.45) is 10.2. The maximum Gasteiger partial charge on any atom is 0.259 e. The van der Waals surface area contributed by atoms with Crippen molar-refractivity contribution in [3.8, 4) is 11.3 Å². The Morgan fingerprint density at radius 3 is 2.74 bits per heavy atom. The van der Waals surface area contributed by atoms with Crippen LogP contribution in [0.3, 0.4) is 0 Å². The average molecular weight is 419 g/mol. The summed E-state index contributed by atoms with van der Waals surface area (Å²) in [4.78, 5) is 14.4. The Labute approximate surface area is 182 Å². The van der Waals surface area contributed by atoms with Gasteiger partial charge in [-0.25, -0.2) is 0 Å². The summed E-state index contributed by atoms with van der Waals surface area (Å²) >= 11 is 0. The van der Waals surface area contributed by atoms with Crippen molar-refractivity contribution in [2.75, 3.05) is 6.61 Å². The van der Waals surface area contributed by atoms with Crippen molar-refractivity contribution in [1.82, 2.24) is 19.2 Å². The van der Waals surface area contributed by atoms with E-state index in [1.807, 2.05) is 4.57 Å². The predicted octanol–water partition coefficient (Wildman–Crippen LogP) is 4.45. The Kier molecular flexibility index (Phi) is 4.20. The smallest absolute Gasteiger partial charge is 0.259 e. The Bertz CT molecular complexity index is 1220. The highest BCUT2D eigenvalue weighted by atomic mass is 16.5. The Morgan fingerprint density at radius 1 is 1.13 bits per heavy atom. The Morgan fingerprint density at radius 2 is 1.94 bits per heavy atom. The summed E-state index contributed by atoms with van der Waals surface area (Å²) in [5, 5.41) is 8.72. The highest BCUT2D eigenvalue weighted by Gasteiger charge is 2.44. The van der Waals surface area contributed by atoms with Crippen LogP contribution in [-0.2, 0) is 16.6 Å². The molecule has 0 bridgehead atoms. The van der Waals surface area contributed by atoms with Crippen molar-refractivity contribution in [3.63, 3.8) is 0 Å². The van der Waals surface area contributed by atoms with Crippen molar-refractivity contribution < 1.29 is 4.74 Å². The summed E-state index contributed by atoms with van der Waals surface area (Å²) in [6.45, 7) is 4.89. The maximum atomic E-state index is 14.4. The topological polar surface area (TPSA) is 61.4 Å². The Hall–Kier alpha value is -2.47. The predicted molar refractivity (Wildman–Crippen MR) is 119 cm³/mol. The molecule has 3 aromatic rings. The number of hydrogen-bond donors (Lipinski definition) is 0. The van der Waals surface area contributed by atoms with E-state index in [1.165, 1.54) is 24.8 Å². The molecule has 1 saturated heterocycles. The summed E-state index contributed by atoms with van der Waals surface area (Å²) in [5.41, 5.74) is 4.35. The number of ether oxygens (including phenoxy) is 1. The van der Waals surface area contributed by atoms with E-state index in [0.717, 1.165) is 48.9 Å². The second-order valence-electron chi connectivity index (χ2n) is 10.3. The molecule has 2 fully saturated rings. The van der Waals surface area contributed by atoms with E-state index >= 15 is 0 Å². The highest BCUT2D eigenvalue weighted by Crippen LogP contribution is 2.49. The second kappa shape index (κ2) is 6.76. The number of aromatic nitrogens is 4. The molecule has 6 heteroatoms. The first-order chi connectivity index (χ1) is 15.0. The minimum atomic E-state index is -0.246. The van der Waals surface area contributed by atoms with Gasteiger partial charge in [-0.05, 0) is 51.5 Å². The first-order valence-electron chi connectivity index (χ1n) is 11.7. The highest BCUT2D eigenvalue weighted by molar-refractivity contribution is 5.73. The molecule has 2 aliphatic carbocycles. The van der Waals surface area contributed by atoms with E-state index in [-0.39, 0.29) is 22.6 Å². The van der Waals surface area contributed by atoms with Crippen LogP contribution in [0, 0.1) is 0 Å². The molecule has 0 radical (unpaired) electrons. The fraction of sp³-hybridized carbons (Fsp3) is 0.560. The van der Waals surface area contributed by atoms with E-state index in [9.17, 15) is 4.79 Å². The number of fused-ring (bicyclic) bond motifs is 6. The van der Waals surface area contributed by atoms with Crippen LogP contribution in [0.25, 0.3) is 17.0 Å². The van der Waals surface area contributed by atoms with Crippen LogP contribution >= 0.6 is 0 Å². The third kappa shape index (κ3) is 2.84. The molecular formula is C25H30N4O2. The Balaban J connectivity index is 1.68. The fourth-order valence-corrected chi connectivity index (χ4v) is 6.49. The molecule has 1 saturated carbocycles. The van der Waals surface area contributed by atoms with Gasteiger partial charge in [0, 0.05) is 29.2 Å². The van der Waals surface area contributed by atoms with Gasteiger partial charge in [-0.3, -0.25) is 13.8 Å². The van der Waals surface area contributed by atoms with Crippen LogP contribution in [0.5, 0.6) is 0 Å². The van der Waals surface area contributed by atoms with Crippen molar-refractivity contribution in [2.45, 2.75) is 82.3 Å². The second-order valence-corrected chi connectivity index (χ2v) is 10.3. The van der Waals surface area contributed by atoms with Gasteiger partial charge in [0.1, 0.15) is 6.33 Å². The molecule has 1 aromatic carbocycles. The van der Waals surface area contributed by atoms with E-state index in [0.29, 0.717) is 12.4 Å². The lowest BCUT2D eigenvalue weighted by Gasteiger charge is -2.43. The first-order valence-corrected chi connectivity index (χ1v) is 11.7. The van der Waals surface area contributed by atoms with E-state index in [1.54, 1.807) is 6.33 Å². The summed E-state index contributed by atoms with van der Waals surface area (Å²) in [6, 6.07) is 8.66. The minimum absolute atomic E-state index is 0.0751. The van der Waals surface area contributed by atoms with Gasteiger partial charge in [-0.2, -0.15) is 0 Å². The molecule has 162 valence electrons. The summed E-state index contributed by atoms with van der Waals surface area (Å²) in [7, 11) is 0. The van der Waals surface area contributed by atoms with Crippen LogP contribution in [0.15, 0.2) is 35.4 Å². The van der Waals surface area contributed by atoms with Gasteiger partial charge in [-0.15, -0.1) is 10.2 Å². The lowest BCUT2D eigenvalue weighted by Crippen LogP contribution is -2.45.